The maximum absolute atomic E-state index is 12.9. The number of phosphoric acid groups is 1. The lowest BCUT2D eigenvalue weighted by Crippen LogP contribution is -2.37. The second-order valence-electron chi connectivity index (χ2n) is 25.2. The minimum absolute atomic E-state index is 0.0293. The van der Waals surface area contributed by atoms with Crippen LogP contribution in [0.25, 0.3) is 0 Å². The second-order valence-corrected chi connectivity index (χ2v) is 26.7. The summed E-state index contributed by atoms with van der Waals surface area (Å²) in [6, 6.07) is 0. The lowest BCUT2D eigenvalue weighted by molar-refractivity contribution is -0.870. The summed E-state index contributed by atoms with van der Waals surface area (Å²) in [6.45, 7) is 4.36. The molecule has 0 radical (unpaired) electrons. The number of ether oxygens (including phenoxy) is 2. The Balaban J connectivity index is 3.99. The van der Waals surface area contributed by atoms with E-state index in [0.717, 1.165) is 77.0 Å². The van der Waals surface area contributed by atoms with Crippen LogP contribution in [0.5, 0.6) is 0 Å². The third-order valence-electron chi connectivity index (χ3n) is 15.7. The SMILES string of the molecule is CC/C=C\C/C=C\C/C=C\C/C=C\C/C=C\CCCCCCCCCCCC(=O)OC(COC(=O)CCCCCCCCCCCCCCCCCCCCCCCCC/C=C\CCCCCCCCCC)COP(=O)(O)OCC[N+](C)(C)C. The van der Waals surface area contributed by atoms with E-state index in [-0.39, 0.29) is 32.0 Å². The van der Waals surface area contributed by atoms with Gasteiger partial charge in [0.05, 0.1) is 27.7 Å². The highest BCUT2D eigenvalue weighted by Gasteiger charge is 2.27. The van der Waals surface area contributed by atoms with Gasteiger partial charge in [0.2, 0.25) is 0 Å². The highest BCUT2D eigenvalue weighted by Crippen LogP contribution is 2.43. The standard InChI is InChI=1S/C74H136NO8P/c1-6-8-10-12-14-16-18-20-22-24-26-28-30-32-33-34-35-36-37-38-39-40-41-43-44-46-48-50-52-54-56-58-60-62-64-66-73(76)80-70-72(71-82-84(78,79)81-69-68-75(3,4)5)83-74(77)67-65-63-61-59-57-55-53-51-49-47-45-42-31-29-27-25-23-21-19-17-15-13-11-9-7-2/h9,11,15,17,21,23-24,26-27,29,42,45,72H,6-8,10,12-14,16,18-20,22,25,28,30-41,43-44,46-71H2,1-5H3/p+1/b11-9-,17-15-,23-21-,26-24-,29-27-,45-42-. The first-order chi connectivity index (χ1) is 41.0. The summed E-state index contributed by atoms with van der Waals surface area (Å²) in [6.07, 6.45) is 87.3. The zero-order valence-electron chi connectivity index (χ0n) is 55.9. The largest absolute Gasteiger partial charge is 0.472 e. The van der Waals surface area contributed by atoms with E-state index in [1.54, 1.807) is 0 Å². The van der Waals surface area contributed by atoms with Gasteiger partial charge >= 0.3 is 19.8 Å². The maximum Gasteiger partial charge on any atom is 0.472 e. The third kappa shape index (κ3) is 68.6. The van der Waals surface area contributed by atoms with Gasteiger partial charge in [0.1, 0.15) is 19.8 Å². The van der Waals surface area contributed by atoms with Gasteiger partial charge in [-0.3, -0.25) is 18.6 Å². The molecule has 0 saturated heterocycles. The van der Waals surface area contributed by atoms with Crippen LogP contribution in [0.3, 0.4) is 0 Å². The van der Waals surface area contributed by atoms with E-state index < -0.39 is 26.5 Å². The normalized spacial score (nSPS) is 13.5. The molecule has 0 aliphatic carbocycles. The number of carbonyl (C=O) groups is 2. The molecule has 0 fully saturated rings. The van der Waals surface area contributed by atoms with Crippen molar-refractivity contribution in [3.63, 3.8) is 0 Å². The summed E-state index contributed by atoms with van der Waals surface area (Å²) in [5.41, 5.74) is 0. The van der Waals surface area contributed by atoms with Crippen molar-refractivity contribution < 1.29 is 42.1 Å². The van der Waals surface area contributed by atoms with Crippen LogP contribution < -0.4 is 0 Å². The van der Waals surface area contributed by atoms with E-state index in [1.165, 1.54) is 225 Å². The predicted octanol–water partition coefficient (Wildman–Crippen LogP) is 23.2. The second kappa shape index (κ2) is 64.9. The Hall–Kier alpha value is -2.55. The number of hydrogen-bond donors (Lipinski definition) is 1. The molecule has 0 spiro atoms. The van der Waals surface area contributed by atoms with Crippen LogP contribution in [-0.4, -0.2) is 74.9 Å². The maximum atomic E-state index is 12.9. The molecule has 0 aromatic heterocycles. The number of hydrogen-bond acceptors (Lipinski definition) is 7. The molecule has 0 bridgehead atoms. The molecule has 0 aromatic carbocycles. The average molecular weight is 1200 g/mol. The molecule has 9 nitrogen and oxygen atoms in total. The number of allylic oxidation sites excluding steroid dienone is 12. The Bertz CT molecular complexity index is 1650. The molecule has 84 heavy (non-hydrogen) atoms. The molecule has 2 unspecified atom stereocenters. The number of rotatable bonds is 66. The van der Waals surface area contributed by atoms with Crippen molar-refractivity contribution in [1.29, 1.82) is 0 Å². The number of esters is 2. The van der Waals surface area contributed by atoms with Crippen molar-refractivity contribution in [3.8, 4) is 0 Å². The molecular formula is C74H137NO8P+. The van der Waals surface area contributed by atoms with Crippen LogP contribution in [0.2, 0.25) is 0 Å². The van der Waals surface area contributed by atoms with E-state index in [0.29, 0.717) is 17.4 Å². The quantitative estimate of drug-likeness (QED) is 0.0211. The fourth-order valence-corrected chi connectivity index (χ4v) is 11.0. The van der Waals surface area contributed by atoms with E-state index in [4.69, 9.17) is 18.5 Å². The van der Waals surface area contributed by atoms with Gasteiger partial charge in [0, 0.05) is 12.8 Å². The molecule has 2 atom stereocenters. The van der Waals surface area contributed by atoms with Gasteiger partial charge in [-0.1, -0.05) is 311 Å². The van der Waals surface area contributed by atoms with Crippen LogP contribution in [-0.2, 0) is 32.7 Å². The molecule has 0 heterocycles. The molecule has 1 N–H and O–H groups in total. The zero-order valence-corrected chi connectivity index (χ0v) is 56.8. The van der Waals surface area contributed by atoms with Crippen LogP contribution in [0.1, 0.15) is 335 Å². The summed E-state index contributed by atoms with van der Waals surface area (Å²) in [7, 11) is 1.48. The van der Waals surface area contributed by atoms with E-state index in [2.05, 4.69) is 86.8 Å². The summed E-state index contributed by atoms with van der Waals surface area (Å²) in [5.74, 6) is -0.793. The molecule has 490 valence electrons. The Morgan fingerprint density at radius 3 is 1.02 bits per heavy atom. The molecular weight excluding hydrogens is 1060 g/mol. The lowest BCUT2D eigenvalue weighted by Gasteiger charge is -2.24. The number of likely N-dealkylation sites (N-methyl/N-ethyl adjacent to an activating group) is 1. The Morgan fingerprint density at radius 2 is 0.679 bits per heavy atom. The smallest absolute Gasteiger partial charge is 0.462 e. The fraction of sp³-hybridized carbons (Fsp3) is 0.811. The average Bonchev–Trinajstić information content (AvgIpc) is 3.60. The van der Waals surface area contributed by atoms with Crippen LogP contribution >= 0.6 is 7.82 Å². The van der Waals surface area contributed by atoms with Crippen LogP contribution in [0.15, 0.2) is 72.9 Å². The minimum atomic E-state index is -4.40. The highest BCUT2D eigenvalue weighted by atomic mass is 31.2. The molecule has 10 heteroatoms. The Kier molecular flexibility index (Phi) is 62.9. The molecule has 0 amide bonds. The Morgan fingerprint density at radius 1 is 0.381 bits per heavy atom. The van der Waals surface area contributed by atoms with Crippen LogP contribution in [0, 0.1) is 0 Å². The minimum Gasteiger partial charge on any atom is -0.462 e. The monoisotopic (exact) mass is 1200 g/mol. The summed E-state index contributed by atoms with van der Waals surface area (Å²) < 4.78 is 34.7. The number of quaternary nitrogens is 1. The zero-order chi connectivity index (χ0) is 61.2. The fourth-order valence-electron chi connectivity index (χ4n) is 10.3. The number of nitrogens with zero attached hydrogens (tertiary/aromatic N) is 1. The van der Waals surface area contributed by atoms with Gasteiger partial charge in [-0.05, 0) is 83.5 Å². The Labute approximate surface area is 520 Å². The first-order valence-electron chi connectivity index (χ1n) is 35.7. The predicted molar refractivity (Wildman–Crippen MR) is 363 cm³/mol. The van der Waals surface area contributed by atoms with Crippen molar-refractivity contribution in [2.24, 2.45) is 0 Å². The van der Waals surface area contributed by atoms with Gasteiger partial charge in [-0.15, -0.1) is 0 Å². The van der Waals surface area contributed by atoms with E-state index in [9.17, 15) is 19.0 Å². The summed E-state index contributed by atoms with van der Waals surface area (Å²) >= 11 is 0. The number of phosphoric ester groups is 1. The van der Waals surface area contributed by atoms with Gasteiger partial charge in [0.15, 0.2) is 6.10 Å². The summed E-state index contributed by atoms with van der Waals surface area (Å²) in [5, 5.41) is 0. The lowest BCUT2D eigenvalue weighted by atomic mass is 10.0. The van der Waals surface area contributed by atoms with Gasteiger partial charge in [0.25, 0.3) is 0 Å². The van der Waals surface area contributed by atoms with Crippen molar-refractivity contribution in [2.45, 2.75) is 341 Å². The molecule has 0 aliphatic rings. The van der Waals surface area contributed by atoms with E-state index in [1.807, 2.05) is 21.1 Å². The van der Waals surface area contributed by atoms with Crippen molar-refractivity contribution >= 4 is 19.8 Å². The molecule has 0 aromatic rings. The van der Waals surface area contributed by atoms with Crippen molar-refractivity contribution in [1.82, 2.24) is 0 Å². The van der Waals surface area contributed by atoms with Crippen molar-refractivity contribution in [3.05, 3.63) is 72.9 Å². The highest BCUT2D eigenvalue weighted by molar-refractivity contribution is 7.47. The molecule has 0 rings (SSSR count). The topological polar surface area (TPSA) is 108 Å². The van der Waals surface area contributed by atoms with Gasteiger partial charge in [-0.25, -0.2) is 4.57 Å². The van der Waals surface area contributed by atoms with Gasteiger partial charge < -0.3 is 18.9 Å². The van der Waals surface area contributed by atoms with Crippen LogP contribution in [0.4, 0.5) is 0 Å². The third-order valence-corrected chi connectivity index (χ3v) is 16.7. The van der Waals surface area contributed by atoms with Gasteiger partial charge in [-0.2, -0.15) is 0 Å². The summed E-state index contributed by atoms with van der Waals surface area (Å²) in [4.78, 5) is 35.9. The first kappa shape index (κ1) is 81.5. The number of carbonyl (C=O) groups excluding carboxylic acids is 2. The number of unbranched alkanes of at least 4 members (excludes halogenated alkanes) is 40. The molecule has 0 aliphatic heterocycles. The van der Waals surface area contributed by atoms with Crippen molar-refractivity contribution in [2.75, 3.05) is 47.5 Å². The first-order valence-corrected chi connectivity index (χ1v) is 37.2. The van der Waals surface area contributed by atoms with E-state index >= 15 is 0 Å². The molecule has 0 saturated carbocycles.